The number of carbonyl (C=O) groups is 1. The zero-order valence-electron chi connectivity index (χ0n) is 14.9. The fourth-order valence-electron chi connectivity index (χ4n) is 2.93. The number of nitriles is 1. The number of benzene rings is 1. The lowest BCUT2D eigenvalue weighted by Gasteiger charge is -2.17. The summed E-state index contributed by atoms with van der Waals surface area (Å²) in [6, 6.07) is 7.09. The largest absolute Gasteiger partial charge is 0.379 e. The summed E-state index contributed by atoms with van der Waals surface area (Å²) >= 11 is 0. The van der Waals surface area contributed by atoms with Crippen LogP contribution < -0.4 is 0 Å². The predicted octanol–water partition coefficient (Wildman–Crippen LogP) is 3.53. The monoisotopic (exact) mass is 370 g/mol. The van der Waals surface area contributed by atoms with Gasteiger partial charge >= 0.3 is 5.97 Å². The van der Waals surface area contributed by atoms with Crippen LogP contribution in [0, 0.1) is 11.3 Å². The molecule has 1 N–H and O–H groups in total. The van der Waals surface area contributed by atoms with E-state index in [2.05, 4.69) is 26.8 Å². The second-order valence-electron chi connectivity index (χ2n) is 6.35. The van der Waals surface area contributed by atoms with E-state index < -0.39 is 5.97 Å². The van der Waals surface area contributed by atoms with Gasteiger partial charge in [0.25, 0.3) is 0 Å². The van der Waals surface area contributed by atoms with Crippen molar-refractivity contribution in [3.05, 3.63) is 35.8 Å². The second kappa shape index (κ2) is 8.56. The van der Waals surface area contributed by atoms with Crippen molar-refractivity contribution in [1.82, 2.24) is 15.0 Å². The van der Waals surface area contributed by atoms with Crippen LogP contribution in [0.3, 0.4) is 0 Å². The highest BCUT2D eigenvalue weighted by Crippen LogP contribution is 2.23. The maximum absolute atomic E-state index is 11.7. The number of aromatic amines is 1. The van der Waals surface area contributed by atoms with Gasteiger partial charge < -0.3 is 9.72 Å². The Morgan fingerprint density at radius 2 is 2.33 bits per heavy atom. The molecule has 2 aromatic heterocycles. The number of fused-ring (bicyclic) bond motifs is 3. The molecule has 1 fully saturated rings. The van der Waals surface area contributed by atoms with Gasteiger partial charge in [0.2, 0.25) is 0 Å². The number of hydrogen-bond acceptors (Lipinski definition) is 6. The van der Waals surface area contributed by atoms with Gasteiger partial charge in [0.05, 0.1) is 40.5 Å². The lowest BCUT2D eigenvalue weighted by atomic mass is 10.1. The van der Waals surface area contributed by atoms with Crippen molar-refractivity contribution in [2.45, 2.75) is 38.7 Å². The van der Waals surface area contributed by atoms with Crippen LogP contribution in [0.2, 0.25) is 0 Å². The van der Waals surface area contributed by atoms with E-state index >= 15 is 0 Å². The van der Waals surface area contributed by atoms with Crippen LogP contribution in [0.15, 0.2) is 24.4 Å². The van der Waals surface area contributed by atoms with Crippen LogP contribution >= 0.6 is 0 Å². The first kappa shape index (κ1) is 18.7. The normalized spacial score (nSPS) is 16.4. The second-order valence-corrected chi connectivity index (χ2v) is 6.35. The maximum atomic E-state index is 11.7. The van der Waals surface area contributed by atoms with Crippen molar-refractivity contribution in [1.29, 1.82) is 5.26 Å². The van der Waals surface area contributed by atoms with E-state index in [0.717, 1.165) is 6.61 Å². The Labute approximate surface area is 155 Å². The first-order chi connectivity index (χ1) is 13.1. The molecule has 1 saturated heterocycles. The summed E-state index contributed by atoms with van der Waals surface area (Å²) in [7, 11) is 0. The molecule has 1 atom stereocenters. The third kappa shape index (κ3) is 4.57. The molecular formula is C19H19FN4O3. The number of nitrogens with zero attached hydrogens (tertiary/aromatic N) is 3. The highest BCUT2D eigenvalue weighted by molar-refractivity contribution is 6.02. The Balaban J connectivity index is 0.000000253. The number of H-pyrrole nitrogens is 1. The standard InChI is InChI=1S/C13H7FN4O2.C6H12O/c14-20-12(19)4-11-17-10-6-16-9-2-1-7(5-15)3-8(9)13(10)18-11;1-6-4-2-3-5-7-6/h1-3,6H,4H2,(H,17,18);6H,2-5H2,1H3/t;6-/m.1/s1. The van der Waals surface area contributed by atoms with Crippen molar-refractivity contribution in [2.24, 2.45) is 0 Å². The zero-order chi connectivity index (χ0) is 19.2. The zero-order valence-corrected chi connectivity index (χ0v) is 14.9. The molecule has 0 bridgehead atoms. The van der Waals surface area contributed by atoms with Crippen molar-refractivity contribution in [2.75, 3.05) is 6.61 Å². The van der Waals surface area contributed by atoms with Crippen LogP contribution in [-0.2, 0) is 20.9 Å². The molecule has 0 radical (unpaired) electrons. The molecule has 1 aromatic carbocycles. The Hall–Kier alpha value is -3.05. The van der Waals surface area contributed by atoms with Gasteiger partial charge in [-0.3, -0.25) is 9.93 Å². The molecule has 0 unspecified atom stereocenters. The number of halogens is 1. The lowest BCUT2D eigenvalue weighted by Crippen LogP contribution is -2.14. The van der Waals surface area contributed by atoms with Gasteiger partial charge in [-0.25, -0.2) is 9.78 Å². The molecule has 140 valence electrons. The molecule has 7 nitrogen and oxygen atoms in total. The number of pyridine rings is 1. The smallest absolute Gasteiger partial charge is 0.356 e. The molecule has 8 heteroatoms. The van der Waals surface area contributed by atoms with Crippen molar-refractivity contribution >= 4 is 27.9 Å². The Kier molecular flexibility index (Phi) is 5.94. The summed E-state index contributed by atoms with van der Waals surface area (Å²) in [6.07, 6.45) is 5.70. The molecule has 27 heavy (non-hydrogen) atoms. The minimum absolute atomic E-state index is 0.277. The topological polar surface area (TPSA) is 101 Å². The van der Waals surface area contributed by atoms with Gasteiger partial charge in [0.15, 0.2) is 0 Å². The van der Waals surface area contributed by atoms with Gasteiger partial charge in [0, 0.05) is 16.5 Å². The maximum Gasteiger partial charge on any atom is 0.356 e. The summed E-state index contributed by atoms with van der Waals surface area (Å²) in [6.45, 7) is 3.13. The molecule has 4 rings (SSSR count). The minimum Gasteiger partial charge on any atom is -0.379 e. The van der Waals surface area contributed by atoms with Gasteiger partial charge in [-0.05, 0) is 44.4 Å². The number of imidazole rings is 1. The van der Waals surface area contributed by atoms with Gasteiger partial charge in [-0.15, -0.1) is 0 Å². The van der Waals surface area contributed by atoms with E-state index in [1.165, 1.54) is 19.3 Å². The van der Waals surface area contributed by atoms with Gasteiger partial charge in [0.1, 0.15) is 12.2 Å². The molecule has 1 aliphatic rings. The third-order valence-corrected chi connectivity index (χ3v) is 4.30. The van der Waals surface area contributed by atoms with E-state index in [-0.39, 0.29) is 12.2 Å². The molecule has 3 heterocycles. The number of hydrogen-bond donors (Lipinski definition) is 1. The summed E-state index contributed by atoms with van der Waals surface area (Å²) < 4.78 is 17.0. The Morgan fingerprint density at radius 3 is 2.96 bits per heavy atom. The van der Waals surface area contributed by atoms with Crippen LogP contribution in [0.5, 0.6) is 0 Å². The Bertz CT molecular complexity index is 990. The fourth-order valence-corrected chi connectivity index (χ4v) is 2.93. The molecule has 3 aromatic rings. The number of ether oxygens (including phenoxy) is 1. The lowest BCUT2D eigenvalue weighted by molar-refractivity contribution is -0.182. The summed E-state index contributed by atoms with van der Waals surface area (Å²) in [5, 5.41) is 9.62. The first-order valence-electron chi connectivity index (χ1n) is 8.71. The third-order valence-electron chi connectivity index (χ3n) is 4.30. The summed E-state index contributed by atoms with van der Waals surface area (Å²) in [5.41, 5.74) is 2.35. The average molecular weight is 370 g/mol. The van der Waals surface area contributed by atoms with Crippen molar-refractivity contribution in [3.63, 3.8) is 0 Å². The highest BCUT2D eigenvalue weighted by Gasteiger charge is 2.12. The highest BCUT2D eigenvalue weighted by atomic mass is 19.3. The molecule has 0 saturated carbocycles. The molecule has 0 amide bonds. The number of carbonyl (C=O) groups excluding carboxylic acids is 1. The molecule has 0 spiro atoms. The van der Waals surface area contributed by atoms with Crippen LogP contribution in [0.25, 0.3) is 21.9 Å². The van der Waals surface area contributed by atoms with E-state index in [1.807, 2.05) is 6.07 Å². The SMILES string of the molecule is C[C@@H]1CCCCO1.N#Cc1ccc2ncc3[nH]c(CC(=O)OF)nc3c2c1. The van der Waals surface area contributed by atoms with Gasteiger partial charge in [-0.2, -0.15) is 5.26 Å². The number of rotatable bonds is 2. The Morgan fingerprint density at radius 1 is 1.48 bits per heavy atom. The summed E-state index contributed by atoms with van der Waals surface area (Å²) in [4.78, 5) is 25.3. The quantitative estimate of drug-likeness (QED) is 0.740. The van der Waals surface area contributed by atoms with E-state index in [1.54, 1.807) is 24.4 Å². The van der Waals surface area contributed by atoms with Crippen molar-refractivity contribution in [3.8, 4) is 6.07 Å². The molecule has 0 aliphatic carbocycles. The van der Waals surface area contributed by atoms with E-state index in [4.69, 9.17) is 10.00 Å². The van der Waals surface area contributed by atoms with E-state index in [9.17, 15) is 9.32 Å². The van der Waals surface area contributed by atoms with E-state index in [0.29, 0.717) is 33.6 Å². The van der Waals surface area contributed by atoms with Crippen LogP contribution in [0.1, 0.15) is 37.6 Å². The minimum atomic E-state index is -1.03. The first-order valence-corrected chi connectivity index (χ1v) is 8.71. The molecular weight excluding hydrogens is 351 g/mol. The van der Waals surface area contributed by atoms with Gasteiger partial charge in [-0.1, -0.05) is 0 Å². The van der Waals surface area contributed by atoms with Crippen LogP contribution in [-0.4, -0.2) is 33.6 Å². The predicted molar refractivity (Wildman–Crippen MR) is 96.3 cm³/mol. The van der Waals surface area contributed by atoms with Crippen LogP contribution in [0.4, 0.5) is 4.53 Å². The summed E-state index contributed by atoms with van der Waals surface area (Å²) in [5.74, 6) is -0.752. The fraction of sp³-hybridized carbons (Fsp3) is 0.368. The van der Waals surface area contributed by atoms with Crippen molar-refractivity contribution < 1.29 is 19.0 Å². The molecule has 1 aliphatic heterocycles. The number of aromatic nitrogens is 3. The number of nitrogens with one attached hydrogen (secondary N) is 1. The average Bonchev–Trinajstić information content (AvgIpc) is 3.11.